The third-order valence-corrected chi connectivity index (χ3v) is 12.5. The molecule has 2 N–H and O–H groups in total. The molecule has 4 rings (SSSR count). The molecule has 10 nitrogen and oxygen atoms in total. The van der Waals surface area contributed by atoms with E-state index in [0.29, 0.717) is 5.75 Å². The van der Waals surface area contributed by atoms with Crippen LogP contribution in [0.15, 0.2) is 94.7 Å². The number of ether oxygens (including phenoxy) is 2. The molecule has 0 amide bonds. The summed E-state index contributed by atoms with van der Waals surface area (Å²) in [6.07, 6.45) is 29.0. The van der Waals surface area contributed by atoms with E-state index in [1.165, 1.54) is 164 Å². The zero-order valence-electron chi connectivity index (χ0n) is 37.7. The van der Waals surface area contributed by atoms with Gasteiger partial charge in [0.2, 0.25) is 0 Å². The van der Waals surface area contributed by atoms with Gasteiger partial charge in [-0.15, -0.1) is 5.75 Å². The molecule has 0 bridgehead atoms. The van der Waals surface area contributed by atoms with Crippen LogP contribution in [0.4, 0.5) is 0 Å². The second-order valence-corrected chi connectivity index (χ2v) is 19.0. The van der Waals surface area contributed by atoms with Gasteiger partial charge in [-0.1, -0.05) is 173 Å². The van der Waals surface area contributed by atoms with Gasteiger partial charge < -0.3 is 24.2 Å². The first kappa shape index (κ1) is 56.3. The monoisotopic (exact) mass is 934 g/mol. The quantitative estimate of drug-likeness (QED) is 0.0291. The molecule has 0 radical (unpaired) electrons. The van der Waals surface area contributed by atoms with Gasteiger partial charge >= 0.3 is 37.7 Å². The largest absolute Gasteiger partial charge is 2.00 e. The van der Waals surface area contributed by atoms with Crippen molar-refractivity contribution in [2.75, 3.05) is 0 Å². The van der Waals surface area contributed by atoms with Gasteiger partial charge in [0.25, 0.3) is 10.1 Å². The number of unbranched alkanes of at least 4 members (excludes halogenated alkanes) is 20. The van der Waals surface area contributed by atoms with Gasteiger partial charge in [0.15, 0.2) is 0 Å². The normalized spacial score (nSPS) is 11.4. The fourth-order valence-electron chi connectivity index (χ4n) is 7.31. The van der Waals surface area contributed by atoms with Gasteiger partial charge in [-0.2, -0.15) is 8.42 Å². The molecule has 0 heterocycles. The summed E-state index contributed by atoms with van der Waals surface area (Å²) in [5.41, 5.74) is 1.65. The Morgan fingerprint density at radius 3 is 1.27 bits per heavy atom. The number of phenols is 1. The maximum atomic E-state index is 11.8. The van der Waals surface area contributed by atoms with Gasteiger partial charge in [-0.3, -0.25) is 4.55 Å². The zero-order chi connectivity index (χ0) is 45.1. The number of benzene rings is 4. The predicted molar refractivity (Wildman–Crippen MR) is 251 cm³/mol. The molecular formula is C50H70CaO10S2. The average Bonchev–Trinajstić information content (AvgIpc) is 3.22. The summed E-state index contributed by atoms with van der Waals surface area (Å²) < 4.78 is 79.6. The van der Waals surface area contributed by atoms with Gasteiger partial charge in [-0.25, -0.2) is 8.42 Å². The van der Waals surface area contributed by atoms with E-state index in [1.807, 2.05) is 6.07 Å². The van der Waals surface area contributed by atoms with Crippen LogP contribution in [0.5, 0.6) is 34.5 Å². The van der Waals surface area contributed by atoms with Crippen LogP contribution < -0.4 is 14.6 Å². The molecular weight excluding hydrogens is 865 g/mol. The Kier molecular flexibility index (Phi) is 28.5. The van der Waals surface area contributed by atoms with Crippen molar-refractivity contribution in [3.05, 3.63) is 96.1 Å². The van der Waals surface area contributed by atoms with Crippen molar-refractivity contribution in [3.8, 4) is 34.5 Å². The van der Waals surface area contributed by atoms with E-state index in [2.05, 4.69) is 13.8 Å². The number of aromatic hydroxyl groups is 1. The minimum atomic E-state index is -4.69. The van der Waals surface area contributed by atoms with Crippen LogP contribution in [-0.2, 0) is 33.1 Å². The number of rotatable bonds is 30. The molecule has 63 heavy (non-hydrogen) atoms. The Balaban J connectivity index is 0.000000427. The van der Waals surface area contributed by atoms with Crippen LogP contribution in [0.1, 0.15) is 166 Å². The summed E-state index contributed by atoms with van der Waals surface area (Å²) in [7, 11) is -9.12. The van der Waals surface area contributed by atoms with Gasteiger partial charge in [0, 0.05) is 6.07 Å². The van der Waals surface area contributed by atoms with E-state index < -0.39 is 20.2 Å². The van der Waals surface area contributed by atoms with E-state index in [1.54, 1.807) is 30.3 Å². The van der Waals surface area contributed by atoms with Gasteiger partial charge in [0.1, 0.15) is 43.8 Å². The zero-order valence-corrected chi connectivity index (χ0v) is 41.6. The van der Waals surface area contributed by atoms with Crippen molar-refractivity contribution < 1.29 is 45.6 Å². The van der Waals surface area contributed by atoms with Gasteiger partial charge in [0.05, 0.1) is 4.90 Å². The molecule has 4 aromatic rings. The topological polar surface area (TPSA) is 173 Å². The van der Waals surface area contributed by atoms with Crippen LogP contribution in [-0.4, -0.2) is 68.8 Å². The Labute approximate surface area is 408 Å². The molecule has 4 aromatic carbocycles. The summed E-state index contributed by atoms with van der Waals surface area (Å²) in [6.45, 7) is 4.47. The Hall–Kier alpha value is -2.84. The fourth-order valence-corrected chi connectivity index (χ4v) is 8.62. The number of hydrogen-bond acceptors (Lipinski definition) is 9. The SMILES string of the molecule is CCCCCCCCCCCCCc1ccc(Oc2cccc(O)c2)c(S(=O)(=O)O)c1.CCCCCCCCCCCCCc1ccc(Oc2cccc([O-])c2)c(S(=O)(=O)[O-])c1.[Ca+2]. The number of phenolic OH excluding ortho intramolecular Hbond substituents is 1. The van der Waals surface area contributed by atoms with Gasteiger partial charge in [-0.05, 0) is 85.3 Å². The molecule has 0 spiro atoms. The molecule has 0 saturated heterocycles. The van der Waals surface area contributed by atoms with Crippen molar-refractivity contribution in [2.45, 2.75) is 178 Å². The second kappa shape index (κ2) is 31.9. The maximum absolute atomic E-state index is 11.8. The standard InChI is InChI=1S/2C25H36O5S.Ca/c2*1-2-3-4-5-6-7-8-9-10-11-12-14-21-17-18-24(25(19-21)31(27,28)29)30-23-16-13-15-22(26)20-23;/h2*13,15-20,26H,2-12,14H2,1H3,(H,27,28,29);/q;;+2/p-2. The third kappa shape index (κ3) is 24.3. The minimum Gasteiger partial charge on any atom is -0.872 e. The number of hydrogen-bond donors (Lipinski definition) is 2. The summed E-state index contributed by atoms with van der Waals surface area (Å²) >= 11 is 0. The smallest absolute Gasteiger partial charge is 0.872 e. The van der Waals surface area contributed by atoms with E-state index in [-0.39, 0.29) is 76.3 Å². The Morgan fingerprint density at radius 2 is 0.873 bits per heavy atom. The molecule has 0 saturated carbocycles. The second-order valence-electron chi connectivity index (χ2n) is 16.2. The molecule has 0 atom stereocenters. The molecule has 0 fully saturated rings. The van der Waals surface area contributed by atoms with E-state index in [9.17, 15) is 36.2 Å². The van der Waals surface area contributed by atoms with Crippen LogP contribution >= 0.6 is 0 Å². The van der Waals surface area contributed by atoms with E-state index >= 15 is 0 Å². The molecule has 0 aromatic heterocycles. The maximum Gasteiger partial charge on any atom is 2.00 e. The summed E-state index contributed by atoms with van der Waals surface area (Å²) in [5, 5.41) is 21.0. The molecule has 0 aliphatic carbocycles. The average molecular weight is 935 g/mol. The summed E-state index contributed by atoms with van der Waals surface area (Å²) in [4.78, 5) is -0.638. The fraction of sp³-hybridized carbons (Fsp3) is 0.520. The first-order valence-electron chi connectivity index (χ1n) is 22.9. The van der Waals surface area contributed by atoms with Crippen molar-refractivity contribution in [1.82, 2.24) is 0 Å². The molecule has 13 heteroatoms. The first-order chi connectivity index (χ1) is 29.8. The third-order valence-electron chi connectivity index (χ3n) is 10.8. The summed E-state index contributed by atoms with van der Waals surface area (Å²) in [5.74, 6) is 0.244. The van der Waals surface area contributed by atoms with Crippen LogP contribution in [0.2, 0.25) is 0 Å². The first-order valence-corrected chi connectivity index (χ1v) is 25.8. The Morgan fingerprint density at radius 1 is 0.492 bits per heavy atom. The van der Waals surface area contributed by atoms with Crippen LogP contribution in [0, 0.1) is 0 Å². The molecule has 0 unspecified atom stereocenters. The Bertz CT molecular complexity index is 1940. The van der Waals surface area contributed by atoms with Crippen LogP contribution in [0.25, 0.3) is 0 Å². The number of aryl methyl sites for hydroxylation is 2. The van der Waals surface area contributed by atoms with Crippen LogP contribution in [0.3, 0.4) is 0 Å². The molecule has 344 valence electrons. The molecule has 0 aliphatic heterocycles. The summed E-state index contributed by atoms with van der Waals surface area (Å²) in [6, 6.07) is 21.3. The minimum absolute atomic E-state index is 0. The van der Waals surface area contributed by atoms with E-state index in [4.69, 9.17) is 9.47 Å². The van der Waals surface area contributed by atoms with E-state index in [0.717, 1.165) is 49.7 Å². The van der Waals surface area contributed by atoms with Crippen molar-refractivity contribution in [3.63, 3.8) is 0 Å². The van der Waals surface area contributed by atoms with Crippen molar-refractivity contribution in [1.29, 1.82) is 0 Å². The predicted octanol–water partition coefficient (Wildman–Crippen LogP) is 13.2. The molecule has 0 aliphatic rings. The van der Waals surface area contributed by atoms with Crippen molar-refractivity contribution in [2.24, 2.45) is 0 Å². The van der Waals surface area contributed by atoms with Crippen molar-refractivity contribution >= 4 is 58.0 Å².